The van der Waals surface area contributed by atoms with E-state index in [0.29, 0.717) is 18.5 Å². The Bertz CT molecular complexity index is 455. The van der Waals surface area contributed by atoms with Gasteiger partial charge in [0.05, 0.1) is 0 Å². The average Bonchev–Trinajstić information content (AvgIpc) is 2.78. The van der Waals surface area contributed by atoms with Gasteiger partial charge in [0.1, 0.15) is 5.82 Å². The molecule has 0 aromatic heterocycles. The fraction of sp³-hybridized carbons (Fsp3) is 0.533. The van der Waals surface area contributed by atoms with Crippen molar-refractivity contribution < 1.29 is 9.18 Å². The Hall–Kier alpha value is -1.13. The monoisotopic (exact) mass is 300 g/mol. The predicted octanol–water partition coefficient (Wildman–Crippen LogP) is 2.72. The van der Waals surface area contributed by atoms with Crippen LogP contribution in [0.2, 0.25) is 0 Å². The zero-order chi connectivity index (χ0) is 13.8. The zero-order valence-electron chi connectivity index (χ0n) is 11.7. The van der Waals surface area contributed by atoms with Gasteiger partial charge in [0.2, 0.25) is 5.91 Å². The van der Waals surface area contributed by atoms with E-state index in [2.05, 4.69) is 0 Å². The predicted molar refractivity (Wildman–Crippen MR) is 80.1 cm³/mol. The third kappa shape index (κ3) is 4.18. The van der Waals surface area contributed by atoms with Crippen molar-refractivity contribution in [1.29, 1.82) is 0 Å². The van der Waals surface area contributed by atoms with Gasteiger partial charge in [-0.05, 0) is 24.8 Å². The number of benzene rings is 1. The van der Waals surface area contributed by atoms with Gasteiger partial charge in [-0.1, -0.05) is 24.6 Å². The number of hydrogen-bond acceptors (Lipinski definition) is 2. The van der Waals surface area contributed by atoms with Gasteiger partial charge in [0.25, 0.3) is 0 Å². The maximum atomic E-state index is 13.5. The molecule has 0 aliphatic heterocycles. The summed E-state index contributed by atoms with van der Waals surface area (Å²) in [5.41, 5.74) is 6.52. The van der Waals surface area contributed by atoms with E-state index in [-0.39, 0.29) is 36.1 Å². The molecule has 2 N–H and O–H groups in total. The Labute approximate surface area is 125 Å². The normalized spacial score (nSPS) is 21.4. The minimum Gasteiger partial charge on any atom is -0.341 e. The van der Waals surface area contributed by atoms with Crippen LogP contribution in [0, 0.1) is 11.7 Å². The second-order valence-corrected chi connectivity index (χ2v) is 5.40. The van der Waals surface area contributed by atoms with E-state index in [0.717, 1.165) is 19.3 Å². The van der Waals surface area contributed by atoms with E-state index < -0.39 is 0 Å². The molecule has 0 spiro atoms. The van der Waals surface area contributed by atoms with Crippen LogP contribution < -0.4 is 5.73 Å². The molecule has 1 aliphatic rings. The molecular formula is C15H22ClFN2O. The molecule has 0 radical (unpaired) electrons. The molecule has 1 amide bonds. The van der Waals surface area contributed by atoms with Crippen LogP contribution in [-0.2, 0) is 11.3 Å². The van der Waals surface area contributed by atoms with Crippen LogP contribution in [0.1, 0.15) is 31.2 Å². The summed E-state index contributed by atoms with van der Waals surface area (Å²) in [4.78, 5) is 13.7. The summed E-state index contributed by atoms with van der Waals surface area (Å²) in [5.74, 6) is 0.0703. The molecule has 1 saturated carbocycles. The van der Waals surface area contributed by atoms with Crippen LogP contribution in [0.4, 0.5) is 4.39 Å². The molecule has 2 rings (SSSR count). The van der Waals surface area contributed by atoms with Crippen LogP contribution in [0.5, 0.6) is 0 Å². The summed E-state index contributed by atoms with van der Waals surface area (Å²) in [5, 5.41) is 0. The smallest absolute Gasteiger partial charge is 0.222 e. The van der Waals surface area contributed by atoms with E-state index in [1.165, 1.54) is 6.07 Å². The van der Waals surface area contributed by atoms with Crippen LogP contribution in [0.15, 0.2) is 24.3 Å². The van der Waals surface area contributed by atoms with Gasteiger partial charge in [0.15, 0.2) is 0 Å². The molecule has 1 aromatic rings. The van der Waals surface area contributed by atoms with Gasteiger partial charge in [-0.2, -0.15) is 0 Å². The van der Waals surface area contributed by atoms with Crippen molar-refractivity contribution in [2.45, 2.75) is 38.3 Å². The Kier molecular flexibility index (Phi) is 6.43. The lowest BCUT2D eigenvalue weighted by Gasteiger charge is -2.21. The summed E-state index contributed by atoms with van der Waals surface area (Å²) in [6.45, 7) is 0.313. The summed E-state index contributed by atoms with van der Waals surface area (Å²) >= 11 is 0. The topological polar surface area (TPSA) is 46.3 Å². The molecule has 3 nitrogen and oxygen atoms in total. The minimum absolute atomic E-state index is 0. The van der Waals surface area contributed by atoms with Gasteiger partial charge in [-0.25, -0.2) is 4.39 Å². The second-order valence-electron chi connectivity index (χ2n) is 5.40. The van der Waals surface area contributed by atoms with E-state index in [9.17, 15) is 9.18 Å². The second kappa shape index (κ2) is 7.60. The highest BCUT2D eigenvalue weighted by Gasteiger charge is 2.27. The van der Waals surface area contributed by atoms with Crippen molar-refractivity contribution in [3.63, 3.8) is 0 Å². The van der Waals surface area contributed by atoms with Gasteiger partial charge in [-0.3, -0.25) is 4.79 Å². The van der Waals surface area contributed by atoms with E-state index in [1.807, 2.05) is 0 Å². The molecule has 20 heavy (non-hydrogen) atoms. The fourth-order valence-electron chi connectivity index (χ4n) is 2.67. The highest BCUT2D eigenvalue weighted by Crippen LogP contribution is 2.27. The first kappa shape index (κ1) is 16.9. The Morgan fingerprint density at radius 1 is 1.40 bits per heavy atom. The van der Waals surface area contributed by atoms with Gasteiger partial charge < -0.3 is 10.6 Å². The Morgan fingerprint density at radius 2 is 2.10 bits per heavy atom. The average molecular weight is 301 g/mol. The third-order valence-corrected chi connectivity index (χ3v) is 3.95. The Morgan fingerprint density at radius 3 is 2.70 bits per heavy atom. The van der Waals surface area contributed by atoms with E-state index in [4.69, 9.17) is 5.73 Å². The zero-order valence-corrected chi connectivity index (χ0v) is 12.5. The van der Waals surface area contributed by atoms with E-state index >= 15 is 0 Å². The van der Waals surface area contributed by atoms with Gasteiger partial charge >= 0.3 is 0 Å². The molecule has 0 unspecified atom stereocenters. The van der Waals surface area contributed by atoms with Crippen LogP contribution in [0.25, 0.3) is 0 Å². The number of rotatable bonds is 4. The van der Waals surface area contributed by atoms with Crippen molar-refractivity contribution in [3.8, 4) is 0 Å². The summed E-state index contributed by atoms with van der Waals surface area (Å²) < 4.78 is 13.5. The summed E-state index contributed by atoms with van der Waals surface area (Å²) in [7, 11) is 1.72. The van der Waals surface area contributed by atoms with Crippen molar-refractivity contribution in [3.05, 3.63) is 35.6 Å². The minimum atomic E-state index is -0.264. The van der Waals surface area contributed by atoms with Crippen LogP contribution in [0.3, 0.4) is 0 Å². The van der Waals surface area contributed by atoms with Crippen molar-refractivity contribution in [2.24, 2.45) is 11.7 Å². The number of hydrogen-bond donors (Lipinski definition) is 1. The maximum Gasteiger partial charge on any atom is 0.222 e. The lowest BCUT2D eigenvalue weighted by molar-refractivity contribution is -0.131. The number of carbonyl (C=O) groups excluding carboxylic acids is 1. The quantitative estimate of drug-likeness (QED) is 0.929. The molecule has 112 valence electrons. The first-order chi connectivity index (χ1) is 9.08. The fourth-order valence-corrected chi connectivity index (χ4v) is 2.67. The summed E-state index contributed by atoms with van der Waals surface area (Å²) in [6.07, 6.45) is 3.62. The van der Waals surface area contributed by atoms with Gasteiger partial charge in [-0.15, -0.1) is 12.4 Å². The molecule has 2 atom stereocenters. The van der Waals surface area contributed by atoms with Crippen molar-refractivity contribution in [1.82, 2.24) is 4.90 Å². The molecule has 5 heteroatoms. The molecule has 0 bridgehead atoms. The van der Waals surface area contributed by atoms with Crippen LogP contribution >= 0.6 is 12.4 Å². The van der Waals surface area contributed by atoms with Gasteiger partial charge in [0, 0.05) is 31.6 Å². The molecule has 1 fully saturated rings. The molecule has 0 saturated heterocycles. The highest BCUT2D eigenvalue weighted by atomic mass is 35.5. The SMILES string of the molecule is CN(Cc1ccccc1F)C(=O)C[C@@H]1CCC[C@H]1N.Cl. The number of carbonyl (C=O) groups is 1. The number of nitrogens with zero attached hydrogens (tertiary/aromatic N) is 1. The number of halogens is 2. The molecule has 1 aromatic carbocycles. The molecule has 0 heterocycles. The van der Waals surface area contributed by atoms with E-state index in [1.54, 1.807) is 30.1 Å². The standard InChI is InChI=1S/C15H21FN2O.ClH/c1-18(10-12-5-2-3-7-13(12)16)15(19)9-11-6-4-8-14(11)17;/h2-3,5,7,11,14H,4,6,8-10,17H2,1H3;1H/t11-,14+;/m0./s1. The third-order valence-electron chi connectivity index (χ3n) is 3.95. The molecule has 1 aliphatic carbocycles. The maximum absolute atomic E-state index is 13.5. The summed E-state index contributed by atoms with van der Waals surface area (Å²) in [6, 6.07) is 6.70. The lowest BCUT2D eigenvalue weighted by Crippen LogP contribution is -2.32. The molecular weight excluding hydrogens is 279 g/mol. The number of nitrogens with two attached hydrogens (primary N) is 1. The van der Waals surface area contributed by atoms with Crippen LogP contribution in [-0.4, -0.2) is 23.9 Å². The van der Waals surface area contributed by atoms with Crippen molar-refractivity contribution in [2.75, 3.05) is 7.05 Å². The first-order valence-electron chi connectivity index (χ1n) is 6.81. The lowest BCUT2D eigenvalue weighted by atomic mass is 9.99. The Balaban J connectivity index is 0.00000200. The highest BCUT2D eigenvalue weighted by molar-refractivity contribution is 5.85. The van der Waals surface area contributed by atoms with Crippen molar-refractivity contribution >= 4 is 18.3 Å². The number of amides is 1. The first-order valence-corrected chi connectivity index (χ1v) is 6.81. The largest absolute Gasteiger partial charge is 0.341 e.